The molecule has 52 valence electrons. The quantitative estimate of drug-likeness (QED) is 0.525. The van der Waals surface area contributed by atoms with Crippen LogP contribution >= 0.6 is 0 Å². The number of rotatable bonds is 1. The van der Waals surface area contributed by atoms with Crippen molar-refractivity contribution in [1.82, 2.24) is 4.90 Å². The molecular formula is C7H14N2. The van der Waals surface area contributed by atoms with E-state index in [1.54, 1.807) is 0 Å². The van der Waals surface area contributed by atoms with E-state index in [0.717, 1.165) is 24.3 Å². The number of piperidine rings is 1. The van der Waals surface area contributed by atoms with E-state index in [2.05, 4.69) is 11.9 Å². The minimum Gasteiger partial charge on any atom is -0.330 e. The van der Waals surface area contributed by atoms with Crippen LogP contribution in [0.5, 0.6) is 0 Å². The lowest BCUT2D eigenvalue weighted by atomic mass is 10.3. The van der Waals surface area contributed by atoms with E-state index >= 15 is 0 Å². The first-order chi connectivity index (χ1) is 4.33. The van der Waals surface area contributed by atoms with Gasteiger partial charge in [-0.05, 0) is 31.3 Å². The number of fused-ring (bicyclic) bond motifs is 1. The highest BCUT2D eigenvalue weighted by Crippen LogP contribution is 2.50. The molecule has 0 aromatic heterocycles. The van der Waals surface area contributed by atoms with E-state index in [-0.39, 0.29) is 0 Å². The molecule has 0 spiro atoms. The van der Waals surface area contributed by atoms with Crippen LogP contribution < -0.4 is 5.73 Å². The lowest BCUT2D eigenvalue weighted by Crippen LogP contribution is -2.21. The summed E-state index contributed by atoms with van der Waals surface area (Å²) in [5.74, 6) is 2.83. The van der Waals surface area contributed by atoms with E-state index in [9.17, 15) is 0 Å². The van der Waals surface area contributed by atoms with E-state index in [4.69, 9.17) is 5.73 Å². The van der Waals surface area contributed by atoms with E-state index in [1.807, 2.05) is 0 Å². The third kappa shape index (κ3) is 0.700. The molecule has 0 aromatic rings. The maximum Gasteiger partial charge on any atom is 0.00132 e. The van der Waals surface area contributed by atoms with Gasteiger partial charge in [0.05, 0.1) is 0 Å². The molecule has 2 N–H and O–H groups in total. The summed E-state index contributed by atoms with van der Waals surface area (Å²) in [6.45, 7) is 3.52. The number of nitrogens with two attached hydrogens (primary N) is 1. The van der Waals surface area contributed by atoms with Crippen molar-refractivity contribution in [2.75, 3.05) is 26.7 Å². The summed E-state index contributed by atoms with van der Waals surface area (Å²) in [7, 11) is 2.19. The van der Waals surface area contributed by atoms with Crippen molar-refractivity contribution >= 4 is 0 Å². The van der Waals surface area contributed by atoms with Gasteiger partial charge in [0.2, 0.25) is 0 Å². The van der Waals surface area contributed by atoms with Gasteiger partial charge in [-0.1, -0.05) is 0 Å². The number of nitrogens with zero attached hydrogens (tertiary/aromatic N) is 1. The fourth-order valence-electron chi connectivity index (χ4n) is 2.21. The minimum absolute atomic E-state index is 0.890. The molecule has 1 saturated heterocycles. The van der Waals surface area contributed by atoms with Crippen molar-refractivity contribution in [1.29, 1.82) is 0 Å². The van der Waals surface area contributed by atoms with Crippen molar-refractivity contribution in [3.8, 4) is 0 Å². The van der Waals surface area contributed by atoms with Crippen LogP contribution in [0.3, 0.4) is 0 Å². The summed E-state index contributed by atoms with van der Waals surface area (Å²) >= 11 is 0. The van der Waals surface area contributed by atoms with Gasteiger partial charge in [-0.25, -0.2) is 0 Å². The Labute approximate surface area is 56.0 Å². The number of hydrogen-bond donors (Lipinski definition) is 1. The second-order valence-corrected chi connectivity index (χ2v) is 3.45. The molecule has 0 radical (unpaired) electrons. The number of hydrogen-bond acceptors (Lipinski definition) is 2. The van der Waals surface area contributed by atoms with Crippen molar-refractivity contribution in [2.24, 2.45) is 23.5 Å². The summed E-state index contributed by atoms with van der Waals surface area (Å²) in [4.78, 5) is 2.40. The van der Waals surface area contributed by atoms with Crippen LogP contribution in [0.4, 0.5) is 0 Å². The molecule has 1 saturated carbocycles. The molecule has 0 aromatic carbocycles. The third-order valence-electron chi connectivity index (χ3n) is 2.83. The third-order valence-corrected chi connectivity index (χ3v) is 2.83. The summed E-state index contributed by atoms with van der Waals surface area (Å²) in [5.41, 5.74) is 5.55. The molecule has 0 amide bonds. The van der Waals surface area contributed by atoms with Gasteiger partial charge < -0.3 is 10.6 Å². The Morgan fingerprint density at radius 1 is 1.44 bits per heavy atom. The standard InChI is InChI=1S/C7H14N2/c1-9-3-6-5(2-8)7(6)4-9/h5-7H,2-4,8H2,1H3/t5-,6+,7-. The van der Waals surface area contributed by atoms with Gasteiger partial charge in [-0.15, -0.1) is 0 Å². The molecule has 0 unspecified atom stereocenters. The Morgan fingerprint density at radius 3 is 2.44 bits per heavy atom. The van der Waals surface area contributed by atoms with E-state index in [0.29, 0.717) is 0 Å². The molecule has 2 fully saturated rings. The molecule has 1 aliphatic heterocycles. The minimum atomic E-state index is 0.890. The predicted molar refractivity (Wildman–Crippen MR) is 37.0 cm³/mol. The zero-order chi connectivity index (χ0) is 6.43. The Morgan fingerprint density at radius 2 is 2.00 bits per heavy atom. The molecule has 2 rings (SSSR count). The van der Waals surface area contributed by atoms with Crippen molar-refractivity contribution in [2.45, 2.75) is 0 Å². The molecule has 2 heteroatoms. The highest BCUT2D eigenvalue weighted by molar-refractivity contribution is 5.04. The lowest BCUT2D eigenvalue weighted by Gasteiger charge is -2.10. The molecule has 1 aliphatic carbocycles. The molecule has 2 aliphatic rings. The Bertz CT molecular complexity index is 112. The topological polar surface area (TPSA) is 29.3 Å². The molecule has 0 bridgehead atoms. The van der Waals surface area contributed by atoms with Crippen LogP contribution in [0.2, 0.25) is 0 Å². The first-order valence-electron chi connectivity index (χ1n) is 3.71. The average molecular weight is 126 g/mol. The summed E-state index contributed by atoms with van der Waals surface area (Å²) in [5, 5.41) is 0. The van der Waals surface area contributed by atoms with E-state index in [1.165, 1.54) is 13.1 Å². The van der Waals surface area contributed by atoms with Gasteiger partial charge in [0, 0.05) is 13.1 Å². The Kier molecular flexibility index (Phi) is 1.08. The molecule has 1 heterocycles. The van der Waals surface area contributed by atoms with Gasteiger partial charge in [-0.3, -0.25) is 0 Å². The van der Waals surface area contributed by atoms with Gasteiger partial charge in [-0.2, -0.15) is 0 Å². The Balaban J connectivity index is 1.91. The van der Waals surface area contributed by atoms with Crippen molar-refractivity contribution < 1.29 is 0 Å². The zero-order valence-corrected chi connectivity index (χ0v) is 5.88. The zero-order valence-electron chi connectivity index (χ0n) is 5.88. The van der Waals surface area contributed by atoms with Crippen LogP contribution in [-0.2, 0) is 0 Å². The van der Waals surface area contributed by atoms with Gasteiger partial charge in [0.15, 0.2) is 0 Å². The molecule has 9 heavy (non-hydrogen) atoms. The van der Waals surface area contributed by atoms with Crippen LogP contribution in [-0.4, -0.2) is 31.6 Å². The van der Waals surface area contributed by atoms with Crippen LogP contribution in [0, 0.1) is 17.8 Å². The number of likely N-dealkylation sites (tertiary alicyclic amines) is 1. The highest BCUT2D eigenvalue weighted by Gasteiger charge is 2.53. The van der Waals surface area contributed by atoms with Crippen LogP contribution in [0.1, 0.15) is 0 Å². The maximum atomic E-state index is 5.55. The van der Waals surface area contributed by atoms with E-state index < -0.39 is 0 Å². The van der Waals surface area contributed by atoms with Crippen LogP contribution in [0.25, 0.3) is 0 Å². The molecular weight excluding hydrogens is 112 g/mol. The summed E-state index contributed by atoms with van der Waals surface area (Å²) in [6.07, 6.45) is 0. The van der Waals surface area contributed by atoms with Gasteiger partial charge >= 0.3 is 0 Å². The highest BCUT2D eigenvalue weighted by atomic mass is 15.2. The maximum absolute atomic E-state index is 5.55. The summed E-state index contributed by atoms with van der Waals surface area (Å²) in [6, 6.07) is 0. The SMILES string of the molecule is CN1C[C@@H]2[C@H](CN)[C@@H]2C1. The Hall–Kier alpha value is -0.0800. The largest absolute Gasteiger partial charge is 0.330 e. The predicted octanol–water partition coefficient (Wildman–Crippen LogP) is -0.247. The second kappa shape index (κ2) is 1.70. The fourth-order valence-corrected chi connectivity index (χ4v) is 2.21. The normalized spacial score (nSPS) is 49.3. The molecule has 2 nitrogen and oxygen atoms in total. The van der Waals surface area contributed by atoms with Gasteiger partial charge in [0.25, 0.3) is 0 Å². The lowest BCUT2D eigenvalue weighted by molar-refractivity contribution is 0.346. The molecule has 3 atom stereocenters. The van der Waals surface area contributed by atoms with Crippen molar-refractivity contribution in [3.05, 3.63) is 0 Å². The monoisotopic (exact) mass is 126 g/mol. The summed E-state index contributed by atoms with van der Waals surface area (Å²) < 4.78 is 0. The fraction of sp³-hybridized carbons (Fsp3) is 1.00. The second-order valence-electron chi connectivity index (χ2n) is 3.45. The smallest absolute Gasteiger partial charge is 0.00132 e. The van der Waals surface area contributed by atoms with Crippen LogP contribution in [0.15, 0.2) is 0 Å². The first-order valence-corrected chi connectivity index (χ1v) is 3.71. The first kappa shape index (κ1) is 5.69. The van der Waals surface area contributed by atoms with Gasteiger partial charge in [0.1, 0.15) is 0 Å². The van der Waals surface area contributed by atoms with Crippen molar-refractivity contribution in [3.63, 3.8) is 0 Å². The average Bonchev–Trinajstić information content (AvgIpc) is 2.30.